The molecule has 0 spiro atoms. The van der Waals surface area contributed by atoms with Crippen LogP contribution in [0.1, 0.15) is 5.56 Å². The van der Waals surface area contributed by atoms with E-state index in [0.29, 0.717) is 11.3 Å². The first-order chi connectivity index (χ1) is 5.16. The fourth-order valence-corrected chi connectivity index (χ4v) is 0.929. The fourth-order valence-electron chi connectivity index (χ4n) is 0.734. The van der Waals surface area contributed by atoms with E-state index in [0.717, 1.165) is 0 Å². The highest BCUT2D eigenvalue weighted by Gasteiger charge is 2.06. The minimum absolute atomic E-state index is 0.208. The molecule has 0 aliphatic rings. The van der Waals surface area contributed by atoms with Crippen molar-refractivity contribution in [3.8, 4) is 0 Å². The van der Waals surface area contributed by atoms with Crippen molar-refractivity contribution in [1.29, 1.82) is 0 Å². The molecule has 1 rings (SSSR count). The third-order valence-electron chi connectivity index (χ3n) is 1.42. The lowest BCUT2D eigenvalue weighted by Gasteiger charge is -1.99. The highest BCUT2D eigenvalue weighted by atomic mass is 35.5. The summed E-state index contributed by atoms with van der Waals surface area (Å²) in [6, 6.07) is 2.62. The van der Waals surface area contributed by atoms with Gasteiger partial charge in [0.15, 0.2) is 0 Å². The van der Waals surface area contributed by atoms with E-state index < -0.39 is 0 Å². The second-order valence-corrected chi connectivity index (χ2v) is 2.50. The smallest absolute Gasteiger partial charge is 0.205 e. The Balaban J connectivity index is 3.40. The molecular formula is C8H5ClFN. The molecule has 0 fully saturated rings. The van der Waals surface area contributed by atoms with Crippen LogP contribution in [-0.2, 0) is 0 Å². The second kappa shape index (κ2) is 2.89. The topological polar surface area (TPSA) is 4.36 Å². The van der Waals surface area contributed by atoms with Crippen LogP contribution in [0.3, 0.4) is 0 Å². The van der Waals surface area contributed by atoms with Crippen LogP contribution in [-0.4, -0.2) is 0 Å². The molecule has 0 heterocycles. The number of hydrogen-bond donors (Lipinski definition) is 0. The highest BCUT2D eigenvalue weighted by molar-refractivity contribution is 6.34. The molecule has 1 nitrogen and oxygen atoms in total. The summed E-state index contributed by atoms with van der Waals surface area (Å²) >= 11 is 5.64. The number of hydrogen-bond acceptors (Lipinski definition) is 0. The molecule has 1 aromatic rings. The van der Waals surface area contributed by atoms with Crippen LogP contribution in [0.5, 0.6) is 0 Å². The minimum Gasteiger partial charge on any atom is -0.237 e. The number of nitrogens with zero attached hydrogens (tertiary/aromatic N) is 1. The van der Waals surface area contributed by atoms with Crippen molar-refractivity contribution in [2.45, 2.75) is 6.92 Å². The predicted octanol–water partition coefficient (Wildman–Crippen LogP) is 3.34. The van der Waals surface area contributed by atoms with Crippen molar-refractivity contribution in [1.82, 2.24) is 0 Å². The van der Waals surface area contributed by atoms with Crippen LogP contribution in [0.2, 0.25) is 5.02 Å². The first kappa shape index (κ1) is 8.03. The molecule has 0 aliphatic heterocycles. The zero-order valence-electron chi connectivity index (χ0n) is 5.86. The quantitative estimate of drug-likeness (QED) is 0.525. The molecule has 0 radical (unpaired) electrons. The lowest BCUT2D eigenvalue weighted by molar-refractivity contribution is 0.619. The van der Waals surface area contributed by atoms with E-state index in [9.17, 15) is 4.39 Å². The molecule has 3 heteroatoms. The molecule has 0 aliphatic carbocycles. The highest BCUT2D eigenvalue weighted by Crippen LogP contribution is 2.29. The van der Waals surface area contributed by atoms with Crippen molar-refractivity contribution in [2.75, 3.05) is 0 Å². The Kier molecular flexibility index (Phi) is 2.11. The molecule has 1 aromatic carbocycles. The SMILES string of the molecule is [C-]#[N+]c1ccc(F)c(C)c1Cl. The van der Waals surface area contributed by atoms with Gasteiger partial charge in [-0.2, -0.15) is 0 Å². The Morgan fingerprint density at radius 3 is 2.73 bits per heavy atom. The van der Waals surface area contributed by atoms with E-state index in [-0.39, 0.29) is 10.8 Å². The molecule has 0 unspecified atom stereocenters. The molecule has 0 saturated carbocycles. The van der Waals surface area contributed by atoms with E-state index in [1.807, 2.05) is 0 Å². The van der Waals surface area contributed by atoms with Crippen LogP contribution in [0, 0.1) is 19.3 Å². The maximum absolute atomic E-state index is 12.7. The Labute approximate surface area is 69.2 Å². The molecule has 0 saturated heterocycles. The third kappa shape index (κ3) is 1.33. The van der Waals surface area contributed by atoms with Crippen molar-refractivity contribution in [3.05, 3.63) is 40.0 Å². The van der Waals surface area contributed by atoms with E-state index in [1.54, 1.807) is 6.92 Å². The third-order valence-corrected chi connectivity index (χ3v) is 1.90. The maximum atomic E-state index is 12.7. The molecule has 0 atom stereocenters. The Morgan fingerprint density at radius 1 is 1.55 bits per heavy atom. The summed E-state index contributed by atoms with van der Waals surface area (Å²) in [7, 11) is 0. The van der Waals surface area contributed by atoms with Crippen LogP contribution < -0.4 is 0 Å². The largest absolute Gasteiger partial charge is 0.237 e. The Morgan fingerprint density at radius 2 is 2.18 bits per heavy atom. The molecule has 0 aromatic heterocycles. The van der Waals surface area contributed by atoms with Gasteiger partial charge < -0.3 is 0 Å². The van der Waals surface area contributed by atoms with E-state index in [1.165, 1.54) is 12.1 Å². The second-order valence-electron chi connectivity index (χ2n) is 2.12. The lowest BCUT2D eigenvalue weighted by atomic mass is 10.2. The predicted molar refractivity (Wildman–Crippen MR) is 42.4 cm³/mol. The van der Waals surface area contributed by atoms with Gasteiger partial charge >= 0.3 is 0 Å². The van der Waals surface area contributed by atoms with Gasteiger partial charge in [0.2, 0.25) is 5.69 Å². The van der Waals surface area contributed by atoms with Crippen LogP contribution in [0.25, 0.3) is 4.85 Å². The van der Waals surface area contributed by atoms with Gasteiger partial charge in [0.05, 0.1) is 11.6 Å². The first-order valence-corrected chi connectivity index (χ1v) is 3.36. The lowest BCUT2D eigenvalue weighted by Crippen LogP contribution is -1.81. The molecule has 56 valence electrons. The molecule has 11 heavy (non-hydrogen) atoms. The fraction of sp³-hybridized carbons (Fsp3) is 0.125. The summed E-state index contributed by atoms with van der Waals surface area (Å²) in [5.41, 5.74) is 0.630. The number of rotatable bonds is 0. The normalized spacial score (nSPS) is 9.27. The molecule has 0 N–H and O–H groups in total. The van der Waals surface area contributed by atoms with Gasteiger partial charge in [-0.05, 0) is 18.6 Å². The van der Waals surface area contributed by atoms with Crippen molar-refractivity contribution >= 4 is 17.3 Å². The zero-order chi connectivity index (χ0) is 8.43. The van der Waals surface area contributed by atoms with Crippen molar-refractivity contribution < 1.29 is 4.39 Å². The summed E-state index contributed by atoms with van der Waals surface area (Å²) in [6.45, 7) is 8.22. The van der Waals surface area contributed by atoms with Gasteiger partial charge in [-0.25, -0.2) is 9.24 Å². The molecule has 0 amide bonds. The summed E-state index contributed by atoms with van der Waals surface area (Å²) in [5, 5.41) is 0.208. The summed E-state index contributed by atoms with van der Waals surface area (Å²) in [5.74, 6) is -0.373. The molecule has 0 bridgehead atoms. The minimum atomic E-state index is -0.373. The van der Waals surface area contributed by atoms with Crippen LogP contribution in [0.15, 0.2) is 12.1 Å². The number of benzene rings is 1. The Bertz CT molecular complexity index is 328. The van der Waals surface area contributed by atoms with Gasteiger partial charge in [-0.1, -0.05) is 17.7 Å². The summed E-state index contributed by atoms with van der Waals surface area (Å²) in [6.07, 6.45) is 0. The summed E-state index contributed by atoms with van der Waals surface area (Å²) in [4.78, 5) is 3.12. The summed E-state index contributed by atoms with van der Waals surface area (Å²) < 4.78 is 12.7. The van der Waals surface area contributed by atoms with E-state index in [2.05, 4.69) is 4.85 Å². The van der Waals surface area contributed by atoms with E-state index >= 15 is 0 Å². The molecular weight excluding hydrogens is 165 g/mol. The van der Waals surface area contributed by atoms with Gasteiger partial charge in [-0.15, -0.1) is 0 Å². The van der Waals surface area contributed by atoms with Gasteiger partial charge in [0.25, 0.3) is 0 Å². The van der Waals surface area contributed by atoms with Crippen molar-refractivity contribution in [2.24, 2.45) is 0 Å². The van der Waals surface area contributed by atoms with Crippen LogP contribution in [0.4, 0.5) is 10.1 Å². The average Bonchev–Trinajstić information content (AvgIpc) is 2.01. The zero-order valence-corrected chi connectivity index (χ0v) is 6.61. The van der Waals surface area contributed by atoms with Gasteiger partial charge in [0, 0.05) is 0 Å². The first-order valence-electron chi connectivity index (χ1n) is 2.99. The number of halogens is 2. The van der Waals surface area contributed by atoms with E-state index in [4.69, 9.17) is 18.2 Å². The van der Waals surface area contributed by atoms with Crippen molar-refractivity contribution in [3.63, 3.8) is 0 Å². The van der Waals surface area contributed by atoms with Gasteiger partial charge in [-0.3, -0.25) is 0 Å². The monoisotopic (exact) mass is 169 g/mol. The van der Waals surface area contributed by atoms with Crippen LogP contribution >= 0.6 is 11.6 Å². The van der Waals surface area contributed by atoms with Gasteiger partial charge in [0.1, 0.15) is 5.82 Å². The standard InChI is InChI=1S/C8H5ClFN/c1-5-6(10)3-4-7(11-2)8(5)9/h3-4H,1H3. The maximum Gasteiger partial charge on any atom is 0.205 e. The average molecular weight is 170 g/mol. The Hall–Kier alpha value is -1.07.